The third kappa shape index (κ3) is 3.45. The monoisotopic (exact) mass is 374 g/mol. The van der Waals surface area contributed by atoms with E-state index < -0.39 is 0 Å². The quantitative estimate of drug-likeness (QED) is 0.721. The van der Waals surface area contributed by atoms with Gasteiger partial charge < -0.3 is 10.2 Å². The molecular weight excluding hydrogens is 348 g/mol. The molecule has 0 fully saturated rings. The van der Waals surface area contributed by atoms with Crippen molar-refractivity contribution < 1.29 is 4.79 Å². The number of nitrogens with zero attached hydrogens (tertiary/aromatic N) is 2. The van der Waals surface area contributed by atoms with Gasteiger partial charge in [-0.25, -0.2) is 0 Å². The molecule has 0 spiro atoms. The summed E-state index contributed by atoms with van der Waals surface area (Å²) in [6.45, 7) is 3.23. The first kappa shape index (κ1) is 18.4. The van der Waals surface area contributed by atoms with E-state index in [0.29, 0.717) is 6.54 Å². The molecule has 4 rings (SSSR count). The Bertz CT molecular complexity index is 896. The van der Waals surface area contributed by atoms with E-state index in [2.05, 4.69) is 58.9 Å². The third-order valence-electron chi connectivity index (χ3n) is 5.62. The van der Waals surface area contributed by atoms with E-state index >= 15 is 0 Å². The van der Waals surface area contributed by atoms with Gasteiger partial charge in [-0.05, 0) is 25.1 Å². The number of benzene rings is 2. The van der Waals surface area contributed by atoms with E-state index in [4.69, 9.17) is 5.10 Å². The molecule has 0 aliphatic carbocycles. The highest BCUT2D eigenvalue weighted by Gasteiger charge is 2.31. The minimum absolute atomic E-state index is 0.0409. The number of aromatic nitrogens is 2. The second kappa shape index (κ2) is 7.98. The SMILES string of the molecule is CN[C@@H](C)C(=O)N1CCc2[nH]nc(C(c3ccccc3)c3ccccc3)c2C1. The van der Waals surface area contributed by atoms with Crippen LogP contribution in [0.5, 0.6) is 0 Å². The summed E-state index contributed by atoms with van der Waals surface area (Å²) >= 11 is 0. The van der Waals surface area contributed by atoms with E-state index in [1.165, 1.54) is 11.1 Å². The van der Waals surface area contributed by atoms with Crippen LogP contribution in [0.4, 0.5) is 0 Å². The number of hydrogen-bond acceptors (Lipinski definition) is 3. The number of carbonyl (C=O) groups excluding carboxylic acids is 1. The molecule has 0 radical (unpaired) electrons. The number of likely N-dealkylation sites (N-methyl/N-ethyl adjacent to an activating group) is 1. The number of aromatic amines is 1. The van der Waals surface area contributed by atoms with Crippen LogP contribution in [-0.4, -0.2) is 40.6 Å². The van der Waals surface area contributed by atoms with Crippen molar-refractivity contribution >= 4 is 5.91 Å². The third-order valence-corrected chi connectivity index (χ3v) is 5.62. The average molecular weight is 374 g/mol. The van der Waals surface area contributed by atoms with Gasteiger partial charge in [-0.15, -0.1) is 0 Å². The van der Waals surface area contributed by atoms with Crippen LogP contribution in [0.1, 0.15) is 40.9 Å². The number of nitrogens with one attached hydrogen (secondary N) is 2. The molecule has 2 heterocycles. The van der Waals surface area contributed by atoms with Crippen molar-refractivity contribution in [1.29, 1.82) is 0 Å². The number of fused-ring (bicyclic) bond motifs is 1. The second-order valence-electron chi connectivity index (χ2n) is 7.34. The zero-order valence-electron chi connectivity index (χ0n) is 16.4. The van der Waals surface area contributed by atoms with Crippen LogP contribution >= 0.6 is 0 Å². The maximum absolute atomic E-state index is 12.7. The lowest BCUT2D eigenvalue weighted by atomic mass is 9.85. The van der Waals surface area contributed by atoms with Gasteiger partial charge in [0.1, 0.15) is 0 Å². The smallest absolute Gasteiger partial charge is 0.239 e. The van der Waals surface area contributed by atoms with Gasteiger partial charge in [0.2, 0.25) is 5.91 Å². The molecule has 3 aromatic rings. The van der Waals surface area contributed by atoms with Crippen molar-refractivity contribution in [1.82, 2.24) is 20.4 Å². The molecule has 144 valence electrons. The molecule has 2 N–H and O–H groups in total. The molecule has 1 aliphatic rings. The van der Waals surface area contributed by atoms with E-state index in [-0.39, 0.29) is 17.9 Å². The number of rotatable bonds is 5. The van der Waals surface area contributed by atoms with Crippen molar-refractivity contribution in [3.63, 3.8) is 0 Å². The first-order valence-electron chi connectivity index (χ1n) is 9.81. The summed E-state index contributed by atoms with van der Waals surface area (Å²) in [6, 6.07) is 20.7. The Morgan fingerprint density at radius 2 is 1.68 bits per heavy atom. The standard InChI is InChI=1S/C23H26N4O/c1-16(24-2)23(28)27-14-13-20-19(15-27)22(26-25-20)21(17-9-5-3-6-10-17)18-11-7-4-8-12-18/h3-12,16,21,24H,13-15H2,1-2H3,(H,25,26)/t16-/m0/s1. The number of hydrogen-bond donors (Lipinski definition) is 2. The summed E-state index contributed by atoms with van der Waals surface area (Å²) in [7, 11) is 1.82. The van der Waals surface area contributed by atoms with Crippen LogP contribution in [0, 0.1) is 0 Å². The molecule has 0 saturated heterocycles. The Kier molecular flexibility index (Phi) is 5.26. The molecule has 1 atom stereocenters. The van der Waals surface area contributed by atoms with Crippen molar-refractivity contribution in [3.05, 3.63) is 88.7 Å². The molecule has 0 bridgehead atoms. The molecule has 0 unspecified atom stereocenters. The Morgan fingerprint density at radius 1 is 1.07 bits per heavy atom. The summed E-state index contributed by atoms with van der Waals surface area (Å²) in [5.41, 5.74) is 5.72. The Labute approximate surface area is 165 Å². The van der Waals surface area contributed by atoms with Crippen LogP contribution in [-0.2, 0) is 17.8 Å². The molecular formula is C23H26N4O. The first-order valence-corrected chi connectivity index (χ1v) is 9.81. The molecule has 1 amide bonds. The van der Waals surface area contributed by atoms with E-state index in [0.717, 1.165) is 29.9 Å². The predicted octanol–water partition coefficient (Wildman–Crippen LogP) is 3.08. The minimum atomic E-state index is -0.184. The van der Waals surface area contributed by atoms with Gasteiger partial charge in [-0.2, -0.15) is 5.10 Å². The normalized spacial score (nSPS) is 14.8. The van der Waals surface area contributed by atoms with Gasteiger partial charge in [0.25, 0.3) is 0 Å². The van der Waals surface area contributed by atoms with E-state index in [1.807, 2.05) is 31.0 Å². The first-order chi connectivity index (χ1) is 13.7. The molecule has 5 nitrogen and oxygen atoms in total. The summed E-state index contributed by atoms with van der Waals surface area (Å²) in [6.07, 6.45) is 0.806. The zero-order valence-corrected chi connectivity index (χ0v) is 16.4. The van der Waals surface area contributed by atoms with E-state index in [1.54, 1.807) is 0 Å². The molecule has 5 heteroatoms. The van der Waals surface area contributed by atoms with Gasteiger partial charge in [-0.1, -0.05) is 60.7 Å². The lowest BCUT2D eigenvalue weighted by Crippen LogP contribution is -2.45. The number of amides is 1. The number of H-pyrrole nitrogens is 1. The lowest BCUT2D eigenvalue weighted by Gasteiger charge is -2.30. The van der Waals surface area contributed by atoms with Gasteiger partial charge in [0.15, 0.2) is 0 Å². The van der Waals surface area contributed by atoms with Crippen molar-refractivity contribution in [3.8, 4) is 0 Å². The van der Waals surface area contributed by atoms with Crippen LogP contribution in [0.25, 0.3) is 0 Å². The second-order valence-corrected chi connectivity index (χ2v) is 7.34. The van der Waals surface area contributed by atoms with Crippen LogP contribution < -0.4 is 5.32 Å². The predicted molar refractivity (Wildman–Crippen MR) is 110 cm³/mol. The maximum Gasteiger partial charge on any atom is 0.239 e. The van der Waals surface area contributed by atoms with Crippen LogP contribution in [0.15, 0.2) is 60.7 Å². The zero-order chi connectivity index (χ0) is 19.5. The average Bonchev–Trinajstić information content (AvgIpc) is 3.17. The number of carbonyl (C=O) groups is 1. The van der Waals surface area contributed by atoms with Gasteiger partial charge in [0, 0.05) is 30.8 Å². The van der Waals surface area contributed by atoms with Crippen molar-refractivity contribution in [2.45, 2.75) is 31.8 Å². The van der Waals surface area contributed by atoms with Crippen molar-refractivity contribution in [2.24, 2.45) is 0 Å². The lowest BCUT2D eigenvalue weighted by molar-refractivity contribution is -0.133. The van der Waals surface area contributed by atoms with Gasteiger partial charge in [-0.3, -0.25) is 9.89 Å². The fraction of sp³-hybridized carbons (Fsp3) is 0.304. The maximum atomic E-state index is 12.7. The summed E-state index contributed by atoms with van der Waals surface area (Å²) in [5.74, 6) is 0.176. The Balaban J connectivity index is 1.74. The Morgan fingerprint density at radius 3 is 2.25 bits per heavy atom. The van der Waals surface area contributed by atoms with Crippen molar-refractivity contribution in [2.75, 3.05) is 13.6 Å². The molecule has 2 aromatic carbocycles. The Hall–Kier alpha value is -2.92. The molecule has 1 aromatic heterocycles. The highest BCUT2D eigenvalue weighted by molar-refractivity contribution is 5.81. The summed E-state index contributed by atoms with van der Waals surface area (Å²) in [5, 5.41) is 11.0. The summed E-state index contributed by atoms with van der Waals surface area (Å²) < 4.78 is 0. The van der Waals surface area contributed by atoms with Crippen LogP contribution in [0.3, 0.4) is 0 Å². The summed E-state index contributed by atoms with van der Waals surface area (Å²) in [4.78, 5) is 14.7. The minimum Gasteiger partial charge on any atom is -0.336 e. The topological polar surface area (TPSA) is 61.0 Å². The molecule has 28 heavy (non-hydrogen) atoms. The highest BCUT2D eigenvalue weighted by Crippen LogP contribution is 2.35. The van der Waals surface area contributed by atoms with Gasteiger partial charge in [0.05, 0.1) is 17.7 Å². The highest BCUT2D eigenvalue weighted by atomic mass is 16.2. The van der Waals surface area contributed by atoms with Crippen LogP contribution in [0.2, 0.25) is 0 Å². The van der Waals surface area contributed by atoms with E-state index in [9.17, 15) is 4.79 Å². The van der Waals surface area contributed by atoms with Gasteiger partial charge >= 0.3 is 0 Å². The fourth-order valence-electron chi connectivity index (χ4n) is 3.94. The largest absolute Gasteiger partial charge is 0.336 e. The fourth-order valence-corrected chi connectivity index (χ4v) is 3.94. The molecule has 0 saturated carbocycles. The molecule has 1 aliphatic heterocycles.